The summed E-state index contributed by atoms with van der Waals surface area (Å²) in [6.07, 6.45) is 1.39. The Morgan fingerprint density at radius 1 is 1.67 bits per heavy atom. The SMILES string of the molecule is COC(=O)c1c(F)c(Br)cc2[nH]cnc12. The number of imidazole rings is 1. The molecular formula is C9H6BrFN2O2. The molecule has 1 aromatic heterocycles. The molecule has 0 spiro atoms. The van der Waals surface area contributed by atoms with Crippen molar-refractivity contribution >= 4 is 32.9 Å². The Morgan fingerprint density at radius 2 is 2.40 bits per heavy atom. The van der Waals surface area contributed by atoms with Gasteiger partial charge in [-0.3, -0.25) is 0 Å². The van der Waals surface area contributed by atoms with Crippen molar-refractivity contribution in [2.75, 3.05) is 7.11 Å². The number of esters is 1. The summed E-state index contributed by atoms with van der Waals surface area (Å²) >= 11 is 3.02. The molecule has 0 fully saturated rings. The van der Waals surface area contributed by atoms with Gasteiger partial charge in [-0.15, -0.1) is 0 Å². The zero-order valence-electron chi connectivity index (χ0n) is 7.67. The maximum atomic E-state index is 13.6. The summed E-state index contributed by atoms with van der Waals surface area (Å²) in [6.45, 7) is 0. The van der Waals surface area contributed by atoms with Crippen molar-refractivity contribution < 1.29 is 13.9 Å². The van der Waals surface area contributed by atoms with Gasteiger partial charge in [0.1, 0.15) is 11.1 Å². The zero-order valence-corrected chi connectivity index (χ0v) is 9.26. The summed E-state index contributed by atoms with van der Waals surface area (Å²) < 4.78 is 18.3. The topological polar surface area (TPSA) is 55.0 Å². The van der Waals surface area contributed by atoms with Crippen molar-refractivity contribution in [1.82, 2.24) is 9.97 Å². The van der Waals surface area contributed by atoms with Crippen LogP contribution < -0.4 is 0 Å². The van der Waals surface area contributed by atoms with E-state index in [0.717, 1.165) is 0 Å². The van der Waals surface area contributed by atoms with Gasteiger partial charge < -0.3 is 9.72 Å². The predicted octanol–water partition coefficient (Wildman–Crippen LogP) is 2.25. The number of H-pyrrole nitrogens is 1. The highest BCUT2D eigenvalue weighted by molar-refractivity contribution is 9.10. The first-order valence-electron chi connectivity index (χ1n) is 4.04. The molecule has 0 aliphatic heterocycles. The molecule has 0 amide bonds. The van der Waals surface area contributed by atoms with Crippen molar-refractivity contribution in [2.24, 2.45) is 0 Å². The molecule has 4 nitrogen and oxygen atoms in total. The Bertz CT molecular complexity index is 538. The first-order chi connectivity index (χ1) is 7.15. The van der Waals surface area contributed by atoms with E-state index >= 15 is 0 Å². The van der Waals surface area contributed by atoms with E-state index in [4.69, 9.17) is 0 Å². The molecule has 0 radical (unpaired) electrons. The molecule has 2 rings (SSSR count). The maximum Gasteiger partial charge on any atom is 0.343 e. The van der Waals surface area contributed by atoms with E-state index in [-0.39, 0.29) is 15.6 Å². The van der Waals surface area contributed by atoms with Crippen LogP contribution in [0.25, 0.3) is 11.0 Å². The highest BCUT2D eigenvalue weighted by atomic mass is 79.9. The quantitative estimate of drug-likeness (QED) is 0.811. The number of halogens is 2. The van der Waals surface area contributed by atoms with Gasteiger partial charge in [0.25, 0.3) is 0 Å². The fourth-order valence-corrected chi connectivity index (χ4v) is 1.74. The second-order valence-corrected chi connectivity index (χ2v) is 3.69. The van der Waals surface area contributed by atoms with Gasteiger partial charge in [-0.1, -0.05) is 0 Å². The minimum Gasteiger partial charge on any atom is -0.465 e. The largest absolute Gasteiger partial charge is 0.465 e. The molecule has 78 valence electrons. The fourth-order valence-electron chi connectivity index (χ4n) is 1.32. The van der Waals surface area contributed by atoms with Gasteiger partial charge >= 0.3 is 5.97 Å². The number of hydrogen-bond acceptors (Lipinski definition) is 3. The van der Waals surface area contributed by atoms with Crippen LogP contribution >= 0.6 is 15.9 Å². The lowest BCUT2D eigenvalue weighted by Crippen LogP contribution is -2.06. The van der Waals surface area contributed by atoms with E-state index in [0.29, 0.717) is 5.52 Å². The Hall–Kier alpha value is -1.43. The number of methoxy groups -OCH3 is 1. The van der Waals surface area contributed by atoms with Gasteiger partial charge in [-0.2, -0.15) is 0 Å². The van der Waals surface area contributed by atoms with Gasteiger partial charge in [0.15, 0.2) is 5.82 Å². The second kappa shape index (κ2) is 3.62. The van der Waals surface area contributed by atoms with Gasteiger partial charge in [-0.25, -0.2) is 14.2 Å². The van der Waals surface area contributed by atoms with Gasteiger partial charge in [0.2, 0.25) is 0 Å². The van der Waals surface area contributed by atoms with Crippen LogP contribution in [0.4, 0.5) is 4.39 Å². The average molecular weight is 273 g/mol. The number of carbonyl (C=O) groups excluding carboxylic acids is 1. The summed E-state index contributed by atoms with van der Waals surface area (Å²) in [5.74, 6) is -1.41. The first kappa shape index (κ1) is 10.1. The number of rotatable bonds is 1. The molecule has 1 N–H and O–H groups in total. The van der Waals surface area contributed by atoms with Crippen molar-refractivity contribution in [3.05, 3.63) is 28.2 Å². The number of aromatic nitrogens is 2. The molecule has 0 aliphatic rings. The fraction of sp³-hybridized carbons (Fsp3) is 0.111. The first-order valence-corrected chi connectivity index (χ1v) is 4.84. The van der Waals surface area contributed by atoms with Gasteiger partial charge in [0.05, 0.1) is 23.4 Å². The number of aromatic amines is 1. The van der Waals surface area contributed by atoms with Crippen molar-refractivity contribution in [1.29, 1.82) is 0 Å². The van der Waals surface area contributed by atoms with Crippen molar-refractivity contribution in [2.45, 2.75) is 0 Å². The third-order valence-electron chi connectivity index (χ3n) is 2.00. The van der Waals surface area contributed by atoms with Crippen molar-refractivity contribution in [3.63, 3.8) is 0 Å². The number of fused-ring (bicyclic) bond motifs is 1. The molecule has 0 saturated heterocycles. The molecule has 2 aromatic rings. The molecule has 0 bridgehead atoms. The van der Waals surface area contributed by atoms with Crippen LogP contribution in [-0.2, 0) is 4.74 Å². The predicted molar refractivity (Wildman–Crippen MR) is 55.1 cm³/mol. The Morgan fingerprint density at radius 3 is 3.07 bits per heavy atom. The van der Waals surface area contributed by atoms with Crippen LogP contribution in [0.3, 0.4) is 0 Å². The molecule has 0 unspecified atom stereocenters. The number of benzene rings is 1. The van der Waals surface area contributed by atoms with Crippen LogP contribution in [0.5, 0.6) is 0 Å². The number of hydrogen-bond donors (Lipinski definition) is 1. The van der Waals surface area contributed by atoms with Gasteiger partial charge in [0, 0.05) is 0 Å². The molecule has 0 saturated carbocycles. The Kier molecular flexibility index (Phi) is 2.44. The van der Waals surface area contributed by atoms with Crippen LogP contribution in [0.2, 0.25) is 0 Å². The van der Waals surface area contributed by atoms with E-state index in [1.807, 2.05) is 0 Å². The van der Waals surface area contributed by atoms with E-state index in [1.165, 1.54) is 19.5 Å². The second-order valence-electron chi connectivity index (χ2n) is 2.84. The third kappa shape index (κ3) is 1.50. The molecule has 0 atom stereocenters. The van der Waals surface area contributed by atoms with Crippen LogP contribution in [0.1, 0.15) is 10.4 Å². The third-order valence-corrected chi connectivity index (χ3v) is 2.57. The van der Waals surface area contributed by atoms with E-state index in [2.05, 4.69) is 30.6 Å². The smallest absolute Gasteiger partial charge is 0.343 e. The minimum absolute atomic E-state index is 0.164. The summed E-state index contributed by atoms with van der Waals surface area (Å²) in [5.41, 5.74) is 0.675. The highest BCUT2D eigenvalue weighted by Gasteiger charge is 2.20. The Balaban J connectivity index is 2.83. The van der Waals surface area contributed by atoms with E-state index in [1.54, 1.807) is 0 Å². The standard InChI is InChI=1S/C9H6BrFN2O2/c1-15-9(14)6-7(11)4(10)2-5-8(6)13-3-12-5/h2-3H,1H3,(H,12,13). The number of nitrogens with zero attached hydrogens (tertiary/aromatic N) is 1. The average Bonchev–Trinajstić information content (AvgIpc) is 2.66. The number of ether oxygens (including phenoxy) is 1. The van der Waals surface area contributed by atoms with Crippen LogP contribution in [0.15, 0.2) is 16.9 Å². The van der Waals surface area contributed by atoms with Crippen molar-refractivity contribution in [3.8, 4) is 0 Å². The summed E-state index contributed by atoms with van der Waals surface area (Å²) in [6, 6.07) is 1.52. The van der Waals surface area contributed by atoms with E-state index in [9.17, 15) is 9.18 Å². The molecule has 15 heavy (non-hydrogen) atoms. The monoisotopic (exact) mass is 272 g/mol. The lowest BCUT2D eigenvalue weighted by Gasteiger charge is -2.03. The molecule has 1 heterocycles. The molecule has 6 heteroatoms. The molecule has 1 aromatic carbocycles. The van der Waals surface area contributed by atoms with Gasteiger partial charge in [-0.05, 0) is 22.0 Å². The normalized spacial score (nSPS) is 10.6. The molecule has 0 aliphatic carbocycles. The number of nitrogens with one attached hydrogen (secondary N) is 1. The summed E-state index contributed by atoms with van der Waals surface area (Å²) in [5, 5.41) is 0. The lowest BCUT2D eigenvalue weighted by molar-refractivity contribution is 0.0597. The minimum atomic E-state index is -0.745. The Labute approximate surface area is 92.6 Å². The lowest BCUT2D eigenvalue weighted by atomic mass is 10.1. The van der Waals surface area contributed by atoms with Crippen LogP contribution in [0, 0.1) is 5.82 Å². The maximum absolute atomic E-state index is 13.6. The van der Waals surface area contributed by atoms with Crippen LogP contribution in [-0.4, -0.2) is 23.0 Å². The number of carbonyl (C=O) groups is 1. The zero-order chi connectivity index (χ0) is 11.0. The molecular weight excluding hydrogens is 267 g/mol. The van der Waals surface area contributed by atoms with E-state index < -0.39 is 11.8 Å². The summed E-state index contributed by atoms with van der Waals surface area (Å²) in [4.78, 5) is 18.0. The summed E-state index contributed by atoms with van der Waals surface area (Å²) in [7, 11) is 1.20. The highest BCUT2D eigenvalue weighted by Crippen LogP contribution is 2.26.